The number of carbonyl (C=O) groups excluding carboxylic acids is 1. The molecule has 2 N–H and O–H groups in total. The van der Waals surface area contributed by atoms with E-state index in [1.54, 1.807) is 22.9 Å². The lowest BCUT2D eigenvalue weighted by Gasteiger charge is -2.31. The first-order chi connectivity index (χ1) is 15.2. The summed E-state index contributed by atoms with van der Waals surface area (Å²) in [5, 5.41) is 0.931. The molecule has 0 fully saturated rings. The fourth-order valence-corrected chi connectivity index (χ4v) is 4.94. The molecule has 1 aliphatic heterocycles. The molecule has 0 aliphatic carbocycles. The van der Waals surface area contributed by atoms with Crippen molar-refractivity contribution in [1.29, 1.82) is 0 Å². The molecule has 1 aliphatic rings. The van der Waals surface area contributed by atoms with Gasteiger partial charge in [-0.05, 0) is 55.7 Å². The normalized spacial score (nSPS) is 16.2. The highest BCUT2D eigenvalue weighted by Crippen LogP contribution is 2.32. The van der Waals surface area contributed by atoms with Crippen LogP contribution in [-0.2, 0) is 9.84 Å². The molecule has 0 amide bonds. The van der Waals surface area contributed by atoms with Gasteiger partial charge in [0.2, 0.25) is 0 Å². The number of benzene rings is 2. The van der Waals surface area contributed by atoms with Gasteiger partial charge < -0.3 is 5.84 Å². The topological polar surface area (TPSA) is 85.4 Å². The van der Waals surface area contributed by atoms with Gasteiger partial charge in [-0.15, -0.1) is 0 Å². The van der Waals surface area contributed by atoms with Crippen LogP contribution in [0.15, 0.2) is 59.6 Å². The van der Waals surface area contributed by atoms with Gasteiger partial charge in [0.1, 0.15) is 0 Å². The summed E-state index contributed by atoms with van der Waals surface area (Å²) < 4.78 is 25.4. The summed E-state index contributed by atoms with van der Waals surface area (Å²) in [6.45, 7) is 6.35. The van der Waals surface area contributed by atoms with Gasteiger partial charge >= 0.3 is 0 Å². The molecule has 0 radical (unpaired) electrons. The molecule has 6 nitrogen and oxygen atoms in total. The number of ketones is 1. The zero-order chi connectivity index (χ0) is 23.0. The summed E-state index contributed by atoms with van der Waals surface area (Å²) in [4.78, 5) is 15.8. The van der Waals surface area contributed by atoms with Crippen molar-refractivity contribution in [2.45, 2.75) is 37.6 Å². The molecule has 2 heterocycles. The van der Waals surface area contributed by atoms with E-state index in [9.17, 15) is 13.2 Å². The van der Waals surface area contributed by atoms with E-state index in [0.717, 1.165) is 48.7 Å². The van der Waals surface area contributed by atoms with E-state index < -0.39 is 9.84 Å². The fourth-order valence-electron chi connectivity index (χ4n) is 4.27. The molecule has 1 unspecified atom stereocenters. The van der Waals surface area contributed by atoms with Gasteiger partial charge in [0.05, 0.1) is 10.4 Å². The van der Waals surface area contributed by atoms with Crippen molar-refractivity contribution in [3.63, 3.8) is 0 Å². The monoisotopic (exact) mass is 451 g/mol. The Hall–Kier alpha value is -2.90. The van der Waals surface area contributed by atoms with Crippen molar-refractivity contribution in [2.24, 2.45) is 0 Å². The summed E-state index contributed by atoms with van der Waals surface area (Å²) in [6.07, 6.45) is 7.37. The van der Waals surface area contributed by atoms with Crippen LogP contribution in [-0.4, -0.2) is 49.2 Å². The van der Waals surface area contributed by atoms with E-state index in [2.05, 4.69) is 24.8 Å². The largest absolute Gasteiger partial charge is 0.339 e. The number of rotatable bonds is 6. The Morgan fingerprint density at radius 2 is 1.91 bits per heavy atom. The quantitative estimate of drug-likeness (QED) is 0.454. The van der Waals surface area contributed by atoms with Gasteiger partial charge in [0.25, 0.3) is 0 Å². The lowest BCUT2D eigenvalue weighted by atomic mass is 9.95. The SMILES string of the molecule is CCC(C)N1CC=C(c2cn(N)c3ccc(C(=O)c4cccc(S(C)(=O)=O)c4)cc23)CC1. The molecule has 7 heteroatoms. The standard InChI is InChI=1S/C25H29N3O3S/c1-4-17(2)27-12-10-18(11-13-27)23-16-28(26)24-9-8-20(15-22(23)24)25(29)19-6-5-7-21(14-19)32(3,30)31/h5-10,14-17H,4,11-13,26H2,1-3H3. The third-order valence-corrected chi connectivity index (χ3v) is 7.53. The number of nitrogens with zero attached hydrogens (tertiary/aromatic N) is 2. The molecule has 0 bridgehead atoms. The van der Waals surface area contributed by atoms with Crippen LogP contribution in [0.1, 0.15) is 48.2 Å². The van der Waals surface area contributed by atoms with Gasteiger partial charge in [0.15, 0.2) is 15.6 Å². The molecule has 0 saturated carbocycles. The molecular formula is C25H29N3O3S. The molecule has 168 valence electrons. The second-order valence-corrected chi connectivity index (χ2v) is 10.6. The average Bonchev–Trinajstić information content (AvgIpc) is 3.13. The van der Waals surface area contributed by atoms with Crippen molar-refractivity contribution >= 4 is 32.1 Å². The number of carbonyl (C=O) groups is 1. The summed E-state index contributed by atoms with van der Waals surface area (Å²) in [7, 11) is -3.39. The first-order valence-corrected chi connectivity index (χ1v) is 12.8. The first kappa shape index (κ1) is 22.3. The summed E-state index contributed by atoms with van der Waals surface area (Å²) >= 11 is 0. The zero-order valence-corrected chi connectivity index (χ0v) is 19.5. The maximum absolute atomic E-state index is 13.2. The molecule has 1 aromatic heterocycles. The van der Waals surface area contributed by atoms with Crippen molar-refractivity contribution in [3.05, 3.63) is 71.4 Å². The van der Waals surface area contributed by atoms with Crippen LogP contribution >= 0.6 is 0 Å². The first-order valence-electron chi connectivity index (χ1n) is 10.9. The number of fused-ring (bicyclic) bond motifs is 1. The molecule has 0 spiro atoms. The Kier molecular flexibility index (Phi) is 5.97. The van der Waals surface area contributed by atoms with E-state index in [4.69, 9.17) is 5.84 Å². The van der Waals surface area contributed by atoms with Crippen molar-refractivity contribution in [3.8, 4) is 0 Å². The molecule has 4 rings (SSSR count). The summed E-state index contributed by atoms with van der Waals surface area (Å²) in [5.74, 6) is 6.00. The Morgan fingerprint density at radius 3 is 2.56 bits per heavy atom. The van der Waals surface area contributed by atoms with Gasteiger partial charge in [-0.25, -0.2) is 8.42 Å². The van der Waals surface area contributed by atoms with Crippen LogP contribution < -0.4 is 5.84 Å². The highest BCUT2D eigenvalue weighted by Gasteiger charge is 2.21. The second-order valence-electron chi connectivity index (χ2n) is 8.54. The highest BCUT2D eigenvalue weighted by molar-refractivity contribution is 7.90. The van der Waals surface area contributed by atoms with E-state index in [0.29, 0.717) is 17.2 Å². The molecule has 0 saturated heterocycles. The molecule has 3 aromatic rings. The summed E-state index contributed by atoms with van der Waals surface area (Å²) in [6, 6.07) is 12.2. The van der Waals surface area contributed by atoms with Crippen LogP contribution in [0.2, 0.25) is 0 Å². The van der Waals surface area contributed by atoms with E-state index >= 15 is 0 Å². The molecule has 1 atom stereocenters. The van der Waals surface area contributed by atoms with Gasteiger partial charge in [-0.2, -0.15) is 0 Å². The number of hydrogen-bond donors (Lipinski definition) is 1. The minimum absolute atomic E-state index is 0.136. The third kappa shape index (κ3) is 4.23. The predicted molar refractivity (Wildman–Crippen MR) is 129 cm³/mol. The van der Waals surface area contributed by atoms with E-state index in [1.807, 2.05) is 18.3 Å². The Balaban J connectivity index is 1.71. The van der Waals surface area contributed by atoms with Crippen LogP contribution in [0, 0.1) is 0 Å². The van der Waals surface area contributed by atoms with E-state index in [-0.39, 0.29) is 10.7 Å². The lowest BCUT2D eigenvalue weighted by Crippen LogP contribution is -2.35. The lowest BCUT2D eigenvalue weighted by molar-refractivity contribution is 0.103. The van der Waals surface area contributed by atoms with Crippen molar-refractivity contribution < 1.29 is 13.2 Å². The zero-order valence-electron chi connectivity index (χ0n) is 18.7. The number of aromatic nitrogens is 1. The third-order valence-electron chi connectivity index (χ3n) is 6.42. The molecule has 2 aromatic carbocycles. The number of nitrogens with two attached hydrogens (primary N) is 1. The maximum atomic E-state index is 13.2. The molecular weight excluding hydrogens is 422 g/mol. The van der Waals surface area contributed by atoms with Gasteiger partial charge in [-0.1, -0.05) is 25.1 Å². The van der Waals surface area contributed by atoms with Crippen LogP contribution in [0.5, 0.6) is 0 Å². The van der Waals surface area contributed by atoms with Gasteiger partial charge in [-0.3, -0.25) is 14.4 Å². The minimum Gasteiger partial charge on any atom is -0.339 e. The van der Waals surface area contributed by atoms with E-state index in [1.165, 1.54) is 17.7 Å². The number of nitrogen functional groups attached to an aromatic ring is 1. The minimum atomic E-state index is -3.39. The second kappa shape index (κ2) is 8.56. The molecule has 32 heavy (non-hydrogen) atoms. The summed E-state index contributed by atoms with van der Waals surface area (Å²) in [5.41, 5.74) is 4.00. The Bertz CT molecular complexity index is 1320. The Morgan fingerprint density at radius 1 is 1.16 bits per heavy atom. The van der Waals surface area contributed by atoms with Crippen LogP contribution in [0.3, 0.4) is 0 Å². The maximum Gasteiger partial charge on any atom is 0.193 e. The predicted octanol–water partition coefficient (Wildman–Crippen LogP) is 3.88. The van der Waals surface area contributed by atoms with Crippen molar-refractivity contribution in [2.75, 3.05) is 25.2 Å². The highest BCUT2D eigenvalue weighted by atomic mass is 32.2. The van der Waals surface area contributed by atoms with Gasteiger partial charge in [0, 0.05) is 53.7 Å². The average molecular weight is 452 g/mol. The smallest absolute Gasteiger partial charge is 0.193 e. The van der Waals surface area contributed by atoms with Crippen LogP contribution in [0.25, 0.3) is 16.5 Å². The Labute approximate surface area is 189 Å². The van der Waals surface area contributed by atoms with Crippen LogP contribution in [0.4, 0.5) is 0 Å². The van der Waals surface area contributed by atoms with Crippen molar-refractivity contribution in [1.82, 2.24) is 9.58 Å². The number of hydrogen-bond acceptors (Lipinski definition) is 5. The number of sulfone groups is 1. The fraction of sp³-hybridized carbons (Fsp3) is 0.320.